The number of ether oxygens (including phenoxy) is 1. The number of hydrogen-bond acceptors (Lipinski definition) is 4. The second-order valence-electron chi connectivity index (χ2n) is 6.51. The maximum atomic E-state index is 12.9. The first-order chi connectivity index (χ1) is 13.5. The number of amides is 2. The maximum Gasteiger partial charge on any atom is 0.269 e. The summed E-state index contributed by atoms with van der Waals surface area (Å²) in [5, 5.41) is 2.87. The molecule has 1 N–H and O–H groups in total. The Morgan fingerprint density at radius 3 is 2.82 bits per heavy atom. The topological polar surface area (TPSA) is 76.5 Å². The first kappa shape index (κ1) is 18.5. The van der Waals surface area contributed by atoms with Gasteiger partial charge in [-0.2, -0.15) is 0 Å². The number of rotatable bonds is 3. The molecule has 28 heavy (non-hydrogen) atoms. The smallest absolute Gasteiger partial charge is 0.269 e. The van der Waals surface area contributed by atoms with Gasteiger partial charge in [-0.15, -0.1) is 0 Å². The molecule has 1 unspecified atom stereocenters. The number of aryl methyl sites for hydroxylation is 1. The number of aromatic nitrogens is 2. The van der Waals surface area contributed by atoms with Crippen LogP contribution in [0.5, 0.6) is 5.75 Å². The molecule has 1 aliphatic rings. The number of carbonyl (C=O) groups excluding carboxylic acids is 2. The van der Waals surface area contributed by atoms with Crippen molar-refractivity contribution in [2.45, 2.75) is 26.5 Å². The molecule has 0 spiro atoms. The number of carbonyl (C=O) groups is 2. The van der Waals surface area contributed by atoms with Crippen LogP contribution in [-0.4, -0.2) is 34.0 Å². The number of nitrogens with one attached hydrogen (secondary N) is 1. The quantitative estimate of drug-likeness (QED) is 0.672. The number of para-hydroxylation sites is 2. The van der Waals surface area contributed by atoms with Crippen molar-refractivity contribution in [3.63, 3.8) is 0 Å². The minimum absolute atomic E-state index is 0.140. The van der Waals surface area contributed by atoms with Gasteiger partial charge in [0.25, 0.3) is 5.91 Å². The van der Waals surface area contributed by atoms with Crippen molar-refractivity contribution in [2.75, 3.05) is 16.8 Å². The normalized spacial score (nSPS) is 15.8. The molecule has 0 radical (unpaired) electrons. The third-order valence-corrected chi connectivity index (χ3v) is 5.20. The fourth-order valence-corrected chi connectivity index (χ4v) is 3.72. The average molecular weight is 443 g/mol. The molecule has 1 aliphatic heterocycles. The molecule has 1 aromatic heterocycles. The van der Waals surface area contributed by atoms with E-state index in [1.165, 1.54) is 6.92 Å². The van der Waals surface area contributed by atoms with Crippen molar-refractivity contribution in [1.82, 2.24) is 9.55 Å². The molecule has 2 amide bonds. The highest BCUT2D eigenvalue weighted by Gasteiger charge is 2.33. The van der Waals surface area contributed by atoms with Crippen molar-refractivity contribution >= 4 is 50.4 Å². The zero-order valence-corrected chi connectivity index (χ0v) is 17.1. The Bertz CT molecular complexity index is 1080. The monoisotopic (exact) mass is 442 g/mol. The lowest BCUT2D eigenvalue weighted by atomic mass is 10.1. The van der Waals surface area contributed by atoms with Crippen molar-refractivity contribution < 1.29 is 14.3 Å². The van der Waals surface area contributed by atoms with E-state index in [4.69, 9.17) is 4.74 Å². The lowest BCUT2D eigenvalue weighted by Gasteiger charge is -2.33. The molecule has 2 aromatic carbocycles. The van der Waals surface area contributed by atoms with Crippen LogP contribution in [0.4, 0.5) is 11.6 Å². The van der Waals surface area contributed by atoms with E-state index in [-0.39, 0.29) is 18.4 Å². The highest BCUT2D eigenvalue weighted by molar-refractivity contribution is 9.10. The molecular weight excluding hydrogens is 424 g/mol. The van der Waals surface area contributed by atoms with Crippen LogP contribution in [0.15, 0.2) is 46.9 Å². The fraction of sp³-hybridized carbons (Fsp3) is 0.250. The Morgan fingerprint density at radius 1 is 1.29 bits per heavy atom. The number of benzene rings is 2. The molecule has 8 heteroatoms. The SMILES string of the molecule is CCn1c(NC(=O)C2CN(C(C)=O)c3ccccc3O2)nc2ccc(Br)cc21. The predicted octanol–water partition coefficient (Wildman–Crippen LogP) is 3.57. The fourth-order valence-electron chi connectivity index (χ4n) is 3.37. The van der Waals surface area contributed by atoms with E-state index in [1.54, 1.807) is 17.0 Å². The number of imidazole rings is 1. The van der Waals surface area contributed by atoms with Crippen LogP contribution in [0.25, 0.3) is 11.0 Å². The summed E-state index contributed by atoms with van der Waals surface area (Å²) in [7, 11) is 0. The summed E-state index contributed by atoms with van der Waals surface area (Å²) >= 11 is 3.47. The molecule has 0 aliphatic carbocycles. The number of fused-ring (bicyclic) bond motifs is 2. The molecule has 0 saturated heterocycles. The van der Waals surface area contributed by atoms with E-state index in [0.717, 1.165) is 15.5 Å². The van der Waals surface area contributed by atoms with E-state index >= 15 is 0 Å². The van der Waals surface area contributed by atoms with Crippen LogP contribution in [0.2, 0.25) is 0 Å². The third-order valence-electron chi connectivity index (χ3n) is 4.71. The van der Waals surface area contributed by atoms with Gasteiger partial charge in [0.15, 0.2) is 6.10 Å². The Morgan fingerprint density at radius 2 is 2.07 bits per heavy atom. The van der Waals surface area contributed by atoms with Gasteiger partial charge in [0.05, 0.1) is 23.3 Å². The highest BCUT2D eigenvalue weighted by atomic mass is 79.9. The number of nitrogens with zero attached hydrogens (tertiary/aromatic N) is 3. The maximum absolute atomic E-state index is 12.9. The molecule has 7 nitrogen and oxygen atoms in total. The summed E-state index contributed by atoms with van der Waals surface area (Å²) in [5.74, 6) is 0.485. The van der Waals surface area contributed by atoms with Gasteiger partial charge in [0.2, 0.25) is 11.9 Å². The van der Waals surface area contributed by atoms with E-state index in [9.17, 15) is 9.59 Å². The molecule has 3 aromatic rings. The van der Waals surface area contributed by atoms with E-state index in [2.05, 4.69) is 26.2 Å². The minimum atomic E-state index is -0.823. The lowest BCUT2D eigenvalue weighted by molar-refractivity contribution is -0.123. The minimum Gasteiger partial charge on any atom is -0.476 e. The molecule has 1 atom stereocenters. The van der Waals surface area contributed by atoms with Gasteiger partial charge in [-0.25, -0.2) is 4.98 Å². The van der Waals surface area contributed by atoms with Crippen LogP contribution in [0, 0.1) is 0 Å². The Kier molecular flexibility index (Phi) is 4.80. The van der Waals surface area contributed by atoms with Gasteiger partial charge in [0.1, 0.15) is 5.75 Å². The summed E-state index contributed by atoms with van der Waals surface area (Å²) in [6.45, 7) is 4.26. The van der Waals surface area contributed by atoms with Crippen molar-refractivity contribution in [3.05, 3.63) is 46.9 Å². The molecule has 144 valence electrons. The second kappa shape index (κ2) is 7.27. The molecule has 4 rings (SSSR count). The van der Waals surface area contributed by atoms with Crippen LogP contribution in [0.1, 0.15) is 13.8 Å². The van der Waals surface area contributed by atoms with Crippen molar-refractivity contribution in [1.29, 1.82) is 0 Å². The largest absolute Gasteiger partial charge is 0.476 e. The molecule has 2 heterocycles. The summed E-state index contributed by atoms with van der Waals surface area (Å²) in [6.07, 6.45) is -0.823. The van der Waals surface area contributed by atoms with Gasteiger partial charge in [-0.05, 0) is 37.3 Å². The Labute approximate surface area is 170 Å². The molecule has 0 bridgehead atoms. The highest BCUT2D eigenvalue weighted by Crippen LogP contribution is 2.33. The van der Waals surface area contributed by atoms with Crippen LogP contribution >= 0.6 is 15.9 Å². The van der Waals surface area contributed by atoms with Crippen molar-refractivity contribution in [3.8, 4) is 5.75 Å². The van der Waals surface area contributed by atoms with Gasteiger partial charge < -0.3 is 14.2 Å². The van der Waals surface area contributed by atoms with Gasteiger partial charge in [0, 0.05) is 17.9 Å². The molecule has 0 fully saturated rings. The van der Waals surface area contributed by atoms with Gasteiger partial charge in [-0.3, -0.25) is 14.9 Å². The van der Waals surface area contributed by atoms with Crippen LogP contribution < -0.4 is 15.0 Å². The summed E-state index contributed by atoms with van der Waals surface area (Å²) in [4.78, 5) is 31.1. The summed E-state index contributed by atoms with van der Waals surface area (Å²) < 4.78 is 8.73. The van der Waals surface area contributed by atoms with Crippen molar-refractivity contribution in [2.24, 2.45) is 0 Å². The van der Waals surface area contributed by atoms with E-state index in [0.29, 0.717) is 23.9 Å². The standard InChI is InChI=1S/C20H19BrN4O3/c1-3-24-16-10-13(21)8-9-14(16)22-20(24)23-19(27)18-11-25(12(2)26)15-6-4-5-7-17(15)28-18/h4-10,18H,3,11H2,1-2H3,(H,22,23,27). The third kappa shape index (κ3) is 3.24. The average Bonchev–Trinajstić information content (AvgIpc) is 3.02. The molecule has 0 saturated carbocycles. The summed E-state index contributed by atoms with van der Waals surface area (Å²) in [6, 6.07) is 13.0. The first-order valence-electron chi connectivity index (χ1n) is 8.98. The predicted molar refractivity (Wildman–Crippen MR) is 111 cm³/mol. The van der Waals surface area contributed by atoms with Gasteiger partial charge in [-0.1, -0.05) is 28.1 Å². The first-order valence-corrected chi connectivity index (χ1v) is 9.77. The Hall–Kier alpha value is -2.87. The number of halogens is 1. The van der Waals surface area contributed by atoms with E-state index < -0.39 is 6.10 Å². The van der Waals surface area contributed by atoms with Crippen LogP contribution in [0.3, 0.4) is 0 Å². The van der Waals surface area contributed by atoms with Gasteiger partial charge >= 0.3 is 0 Å². The number of anilines is 2. The number of hydrogen-bond donors (Lipinski definition) is 1. The zero-order valence-electron chi connectivity index (χ0n) is 15.5. The Balaban J connectivity index is 1.62. The summed E-state index contributed by atoms with van der Waals surface area (Å²) in [5.41, 5.74) is 2.39. The van der Waals surface area contributed by atoms with E-state index in [1.807, 2.05) is 41.8 Å². The lowest BCUT2D eigenvalue weighted by Crippen LogP contribution is -2.48. The van der Waals surface area contributed by atoms with Crippen LogP contribution in [-0.2, 0) is 16.1 Å². The zero-order chi connectivity index (χ0) is 19.8. The molecular formula is C20H19BrN4O3. The second-order valence-corrected chi connectivity index (χ2v) is 7.42.